The topological polar surface area (TPSA) is 50.4 Å². The van der Waals surface area contributed by atoms with Gasteiger partial charge in [-0.3, -0.25) is 4.79 Å². The number of hydrogen-bond donors (Lipinski definition) is 2. The van der Waals surface area contributed by atoms with Crippen LogP contribution in [0.4, 0.5) is 0 Å². The third-order valence-electron chi connectivity index (χ3n) is 2.16. The lowest BCUT2D eigenvalue weighted by molar-refractivity contribution is 0.0937. The quantitative estimate of drug-likeness (QED) is 0.699. The van der Waals surface area contributed by atoms with Gasteiger partial charge in [0.15, 0.2) is 0 Å². The molecule has 16 heavy (non-hydrogen) atoms. The fraction of sp³-hybridized carbons (Fsp3) is 0.417. The Morgan fingerprint density at radius 1 is 1.44 bits per heavy atom. The molecule has 0 aliphatic rings. The maximum Gasteiger partial charge on any atom is 0.251 e. The first kappa shape index (κ1) is 12.7. The highest BCUT2D eigenvalue weighted by Crippen LogP contribution is 2.04. The average molecular weight is 222 g/mol. The van der Waals surface area contributed by atoms with Crippen molar-refractivity contribution in [3.05, 3.63) is 35.4 Å². The molecule has 0 spiro atoms. The van der Waals surface area contributed by atoms with Crippen LogP contribution in [0.1, 0.15) is 15.9 Å². The Kier molecular flexibility index (Phi) is 5.53. The van der Waals surface area contributed by atoms with Crippen LogP contribution in [0.25, 0.3) is 0 Å². The van der Waals surface area contributed by atoms with E-state index in [0.29, 0.717) is 18.7 Å². The van der Waals surface area contributed by atoms with Gasteiger partial charge in [0.05, 0.1) is 6.61 Å². The molecule has 0 unspecified atom stereocenters. The Hall–Kier alpha value is -1.39. The van der Waals surface area contributed by atoms with Crippen molar-refractivity contribution >= 4 is 5.91 Å². The van der Waals surface area contributed by atoms with Gasteiger partial charge >= 0.3 is 0 Å². The largest absolute Gasteiger partial charge is 0.383 e. The molecule has 1 aromatic rings. The third kappa shape index (κ3) is 4.00. The molecule has 88 valence electrons. The molecule has 4 heteroatoms. The zero-order valence-electron chi connectivity index (χ0n) is 9.75. The Balaban J connectivity index is 2.57. The van der Waals surface area contributed by atoms with E-state index in [1.165, 1.54) is 0 Å². The summed E-state index contributed by atoms with van der Waals surface area (Å²) in [5.41, 5.74) is 1.78. The first-order valence-corrected chi connectivity index (χ1v) is 5.28. The highest BCUT2D eigenvalue weighted by atomic mass is 16.5. The lowest BCUT2D eigenvalue weighted by Crippen LogP contribution is -2.27. The van der Waals surface area contributed by atoms with Gasteiger partial charge in [-0.2, -0.15) is 0 Å². The van der Waals surface area contributed by atoms with Crippen molar-refractivity contribution in [2.24, 2.45) is 0 Å². The Morgan fingerprint density at radius 2 is 2.25 bits per heavy atom. The second-order valence-corrected chi connectivity index (χ2v) is 3.48. The predicted octanol–water partition coefficient (Wildman–Crippen LogP) is 0.782. The van der Waals surface area contributed by atoms with Gasteiger partial charge in [-0.15, -0.1) is 0 Å². The van der Waals surface area contributed by atoms with Gasteiger partial charge in [0.25, 0.3) is 5.91 Å². The average Bonchev–Trinajstić information content (AvgIpc) is 2.30. The molecule has 0 saturated heterocycles. The summed E-state index contributed by atoms with van der Waals surface area (Å²) in [7, 11) is 3.49. The minimum atomic E-state index is -0.0602. The first-order chi connectivity index (χ1) is 7.77. The Bertz CT molecular complexity index is 340. The van der Waals surface area contributed by atoms with Gasteiger partial charge < -0.3 is 15.4 Å². The number of benzene rings is 1. The van der Waals surface area contributed by atoms with E-state index in [-0.39, 0.29) is 5.91 Å². The summed E-state index contributed by atoms with van der Waals surface area (Å²) in [5.74, 6) is -0.0602. The first-order valence-electron chi connectivity index (χ1n) is 5.28. The number of nitrogens with one attached hydrogen (secondary N) is 2. The summed E-state index contributed by atoms with van der Waals surface area (Å²) in [6.07, 6.45) is 0. The van der Waals surface area contributed by atoms with E-state index in [1.807, 2.05) is 25.2 Å². The molecular formula is C12H18N2O2. The van der Waals surface area contributed by atoms with E-state index in [1.54, 1.807) is 13.2 Å². The molecule has 1 rings (SSSR count). The summed E-state index contributed by atoms with van der Waals surface area (Å²) in [4.78, 5) is 11.7. The highest BCUT2D eigenvalue weighted by Gasteiger charge is 2.04. The van der Waals surface area contributed by atoms with E-state index in [4.69, 9.17) is 4.74 Å². The van der Waals surface area contributed by atoms with Crippen LogP contribution in [0.2, 0.25) is 0 Å². The molecule has 2 N–H and O–H groups in total. The zero-order valence-corrected chi connectivity index (χ0v) is 9.75. The van der Waals surface area contributed by atoms with Gasteiger partial charge in [0.1, 0.15) is 0 Å². The van der Waals surface area contributed by atoms with Crippen LogP contribution < -0.4 is 10.6 Å². The molecule has 1 aromatic carbocycles. The van der Waals surface area contributed by atoms with E-state index >= 15 is 0 Å². The zero-order chi connectivity index (χ0) is 11.8. The molecule has 0 heterocycles. The van der Waals surface area contributed by atoms with Crippen molar-refractivity contribution in [3.8, 4) is 0 Å². The van der Waals surface area contributed by atoms with Gasteiger partial charge in [-0.1, -0.05) is 12.1 Å². The van der Waals surface area contributed by atoms with Crippen molar-refractivity contribution in [2.75, 3.05) is 27.3 Å². The molecule has 0 aromatic heterocycles. The summed E-state index contributed by atoms with van der Waals surface area (Å²) >= 11 is 0. The molecule has 0 aliphatic carbocycles. The molecule has 0 aliphatic heterocycles. The molecule has 1 amide bonds. The van der Waals surface area contributed by atoms with Crippen molar-refractivity contribution in [3.63, 3.8) is 0 Å². The van der Waals surface area contributed by atoms with Crippen molar-refractivity contribution < 1.29 is 9.53 Å². The van der Waals surface area contributed by atoms with Gasteiger partial charge in [0, 0.05) is 25.8 Å². The summed E-state index contributed by atoms with van der Waals surface area (Å²) in [5, 5.41) is 5.84. The van der Waals surface area contributed by atoms with E-state index in [9.17, 15) is 4.79 Å². The number of carbonyl (C=O) groups is 1. The van der Waals surface area contributed by atoms with Crippen molar-refractivity contribution in [1.82, 2.24) is 10.6 Å². The second-order valence-electron chi connectivity index (χ2n) is 3.48. The van der Waals surface area contributed by atoms with E-state index in [2.05, 4.69) is 10.6 Å². The van der Waals surface area contributed by atoms with Gasteiger partial charge in [0.2, 0.25) is 0 Å². The minimum Gasteiger partial charge on any atom is -0.383 e. The maximum absolute atomic E-state index is 11.7. The fourth-order valence-electron chi connectivity index (χ4n) is 1.40. The smallest absolute Gasteiger partial charge is 0.251 e. The number of hydrogen-bond acceptors (Lipinski definition) is 3. The SMILES string of the molecule is CNCc1cccc(C(=O)NCCOC)c1. The van der Waals surface area contributed by atoms with Gasteiger partial charge in [-0.05, 0) is 24.7 Å². The summed E-state index contributed by atoms with van der Waals surface area (Å²) in [6, 6.07) is 7.57. The van der Waals surface area contributed by atoms with Gasteiger partial charge in [-0.25, -0.2) is 0 Å². The Labute approximate surface area is 96.0 Å². The lowest BCUT2D eigenvalue weighted by atomic mass is 10.1. The minimum absolute atomic E-state index is 0.0602. The van der Waals surface area contributed by atoms with Crippen LogP contribution in [0, 0.1) is 0 Å². The van der Waals surface area contributed by atoms with Crippen molar-refractivity contribution in [2.45, 2.75) is 6.54 Å². The highest BCUT2D eigenvalue weighted by molar-refractivity contribution is 5.94. The maximum atomic E-state index is 11.7. The Morgan fingerprint density at radius 3 is 2.94 bits per heavy atom. The molecule has 0 bridgehead atoms. The van der Waals surface area contributed by atoms with Crippen LogP contribution in [-0.4, -0.2) is 33.2 Å². The summed E-state index contributed by atoms with van der Waals surface area (Å²) in [6.45, 7) is 1.83. The molecule has 0 saturated carbocycles. The van der Waals surface area contributed by atoms with Crippen LogP contribution in [0.3, 0.4) is 0 Å². The number of rotatable bonds is 6. The predicted molar refractivity (Wildman–Crippen MR) is 63.4 cm³/mol. The number of amides is 1. The van der Waals surface area contributed by atoms with E-state index in [0.717, 1.165) is 12.1 Å². The van der Waals surface area contributed by atoms with Crippen LogP contribution in [-0.2, 0) is 11.3 Å². The van der Waals surface area contributed by atoms with Crippen LogP contribution in [0.5, 0.6) is 0 Å². The van der Waals surface area contributed by atoms with E-state index < -0.39 is 0 Å². The molecule has 0 fully saturated rings. The van der Waals surface area contributed by atoms with Crippen LogP contribution >= 0.6 is 0 Å². The normalized spacial score (nSPS) is 10.1. The second kappa shape index (κ2) is 6.98. The fourth-order valence-corrected chi connectivity index (χ4v) is 1.40. The summed E-state index contributed by atoms with van der Waals surface area (Å²) < 4.78 is 4.87. The number of carbonyl (C=O) groups excluding carboxylic acids is 1. The number of ether oxygens (including phenoxy) is 1. The standard InChI is InChI=1S/C12H18N2O2/c1-13-9-10-4-3-5-11(8-10)12(15)14-6-7-16-2/h3-5,8,13H,6-7,9H2,1-2H3,(H,14,15). The molecule has 4 nitrogen and oxygen atoms in total. The van der Waals surface area contributed by atoms with Crippen molar-refractivity contribution in [1.29, 1.82) is 0 Å². The molecule has 0 atom stereocenters. The number of methoxy groups -OCH3 is 1. The monoisotopic (exact) mass is 222 g/mol. The molecular weight excluding hydrogens is 204 g/mol. The van der Waals surface area contributed by atoms with Crippen LogP contribution in [0.15, 0.2) is 24.3 Å². The lowest BCUT2D eigenvalue weighted by Gasteiger charge is -2.06. The molecule has 0 radical (unpaired) electrons. The third-order valence-corrected chi connectivity index (χ3v) is 2.16.